The molecule has 152 valence electrons. The molecule has 5 N–H and O–H groups in total. The average Bonchev–Trinajstić information content (AvgIpc) is 3.13. The molecule has 6 unspecified atom stereocenters. The van der Waals surface area contributed by atoms with Crippen molar-refractivity contribution < 1.29 is 29.7 Å². The molecule has 10 heteroatoms. The number of hydrogen-bond acceptors (Lipinski definition) is 7. The fourth-order valence-electron chi connectivity index (χ4n) is 3.62. The van der Waals surface area contributed by atoms with Crippen molar-refractivity contribution in [2.75, 3.05) is 20.6 Å². The lowest BCUT2D eigenvalue weighted by Crippen LogP contribution is -2.45. The number of carbonyl (C=O) groups excluding carboxylic acids is 1. The molecule has 1 amide bonds. The molecule has 2 aliphatic rings. The summed E-state index contributed by atoms with van der Waals surface area (Å²) in [4.78, 5) is 37.4. The van der Waals surface area contributed by atoms with E-state index in [1.54, 1.807) is 21.0 Å². The van der Waals surface area contributed by atoms with Crippen LogP contribution < -0.4 is 10.6 Å². The quantitative estimate of drug-likeness (QED) is 0.383. The molecule has 1 fully saturated rings. The zero-order chi connectivity index (χ0) is 20.5. The van der Waals surface area contributed by atoms with Crippen LogP contribution in [-0.2, 0) is 14.4 Å². The first-order valence-electron chi connectivity index (χ1n) is 8.80. The fraction of sp³-hybridized carbons (Fsp3) is 0.706. The minimum absolute atomic E-state index is 0.000998. The zero-order valence-electron chi connectivity index (χ0n) is 15.8. The molecule has 0 saturated carbocycles. The monoisotopic (exact) mass is 401 g/mol. The lowest BCUT2D eigenvalue weighted by molar-refractivity contribution is -0.147. The van der Waals surface area contributed by atoms with E-state index in [4.69, 9.17) is 0 Å². The van der Waals surface area contributed by atoms with Crippen LogP contribution in [0.3, 0.4) is 0 Å². The normalized spacial score (nSPS) is 30.0. The van der Waals surface area contributed by atoms with Crippen LogP contribution in [-0.4, -0.2) is 82.1 Å². The molecule has 0 radical (unpaired) electrons. The van der Waals surface area contributed by atoms with E-state index in [1.807, 2.05) is 0 Å². The predicted molar refractivity (Wildman–Crippen MR) is 100 cm³/mol. The molecule has 2 aliphatic heterocycles. The summed E-state index contributed by atoms with van der Waals surface area (Å²) in [5, 5.41) is 34.8. The van der Waals surface area contributed by atoms with Gasteiger partial charge in [-0.05, 0) is 13.3 Å². The fourth-order valence-corrected chi connectivity index (χ4v) is 5.07. The van der Waals surface area contributed by atoms with Crippen LogP contribution in [0, 0.1) is 11.8 Å². The number of thioether (sulfide) groups is 1. The number of aliphatic hydroxyl groups is 1. The molecule has 9 nitrogen and oxygen atoms in total. The molecule has 1 saturated heterocycles. The Morgan fingerprint density at radius 1 is 1.26 bits per heavy atom. The molecular formula is C17H27N3O6S. The number of aliphatic carboxylic acids is 2. The molecule has 0 aromatic carbocycles. The first-order chi connectivity index (χ1) is 12.5. The lowest BCUT2D eigenvalue weighted by atomic mass is 9.87. The van der Waals surface area contributed by atoms with Gasteiger partial charge in [0, 0.05) is 42.8 Å². The number of carbonyl (C=O) groups is 3. The third-order valence-electron chi connectivity index (χ3n) is 5.04. The number of carboxylic acids is 2. The van der Waals surface area contributed by atoms with E-state index < -0.39 is 30.0 Å². The lowest BCUT2D eigenvalue weighted by Gasteiger charge is -2.27. The maximum Gasteiger partial charge on any atom is 0.352 e. The number of carboxylic acid groups (broad SMARTS) is 2. The van der Waals surface area contributed by atoms with Gasteiger partial charge in [-0.25, -0.2) is 4.79 Å². The van der Waals surface area contributed by atoms with Crippen LogP contribution in [0.1, 0.15) is 20.3 Å². The smallest absolute Gasteiger partial charge is 0.352 e. The largest absolute Gasteiger partial charge is 0.481 e. The highest BCUT2D eigenvalue weighted by atomic mass is 32.2. The van der Waals surface area contributed by atoms with Crippen molar-refractivity contribution in [3.05, 3.63) is 10.6 Å². The van der Waals surface area contributed by atoms with E-state index in [1.165, 1.54) is 23.6 Å². The zero-order valence-corrected chi connectivity index (χ0v) is 16.6. The van der Waals surface area contributed by atoms with Gasteiger partial charge in [0.05, 0.1) is 12.1 Å². The van der Waals surface area contributed by atoms with Gasteiger partial charge in [-0.1, -0.05) is 6.92 Å². The van der Waals surface area contributed by atoms with Crippen LogP contribution in [0.15, 0.2) is 10.6 Å². The summed E-state index contributed by atoms with van der Waals surface area (Å²) >= 11 is 1.37. The minimum Gasteiger partial charge on any atom is -0.481 e. The van der Waals surface area contributed by atoms with Crippen molar-refractivity contribution >= 4 is 29.6 Å². The van der Waals surface area contributed by atoms with Crippen LogP contribution in [0.2, 0.25) is 0 Å². The maximum absolute atomic E-state index is 12.1. The Morgan fingerprint density at radius 2 is 1.89 bits per heavy atom. The number of aliphatic hydroxyl groups excluding tert-OH is 1. The van der Waals surface area contributed by atoms with Crippen LogP contribution in [0.4, 0.5) is 0 Å². The molecule has 0 bridgehead atoms. The van der Waals surface area contributed by atoms with Crippen molar-refractivity contribution in [2.45, 2.75) is 43.7 Å². The van der Waals surface area contributed by atoms with E-state index >= 15 is 0 Å². The van der Waals surface area contributed by atoms with Gasteiger partial charge in [-0.3, -0.25) is 9.59 Å². The standard InChI is InChI=1S/C17H27N3O6S/c1-7-12(11(8(2)21)16(23)24)19-13(17(25)26)14(7)27-9-5-10(18-6-9)15(22)20(3)4/h7-12,18-19,21H,5-6H2,1-4H3,(H,23,24)(H,25,26). The van der Waals surface area contributed by atoms with Gasteiger partial charge in [0.1, 0.15) is 11.6 Å². The highest BCUT2D eigenvalue weighted by molar-refractivity contribution is 8.03. The van der Waals surface area contributed by atoms with Crippen LogP contribution >= 0.6 is 11.8 Å². The number of nitrogens with one attached hydrogen (secondary N) is 2. The van der Waals surface area contributed by atoms with Gasteiger partial charge in [0.15, 0.2) is 0 Å². The van der Waals surface area contributed by atoms with Gasteiger partial charge < -0.3 is 30.9 Å². The summed E-state index contributed by atoms with van der Waals surface area (Å²) < 4.78 is 0. The van der Waals surface area contributed by atoms with E-state index in [0.717, 1.165) is 0 Å². The van der Waals surface area contributed by atoms with Gasteiger partial charge in [-0.2, -0.15) is 0 Å². The molecule has 27 heavy (non-hydrogen) atoms. The molecule has 0 spiro atoms. The SMILES string of the molecule is CC(O)C(C(=O)O)C1NC(C(=O)O)=C(SC2CNC(C(=O)N(C)C)C2)C1C. The summed E-state index contributed by atoms with van der Waals surface area (Å²) in [5.74, 6) is -3.88. The third kappa shape index (κ3) is 4.56. The van der Waals surface area contributed by atoms with E-state index in [9.17, 15) is 29.7 Å². The summed E-state index contributed by atoms with van der Waals surface area (Å²) in [6.45, 7) is 3.71. The molecule has 2 heterocycles. The Hall–Kier alpha value is -1.78. The van der Waals surface area contributed by atoms with Crippen molar-refractivity contribution in [1.82, 2.24) is 15.5 Å². The first-order valence-corrected chi connectivity index (χ1v) is 9.68. The molecule has 2 rings (SSSR count). The van der Waals surface area contributed by atoms with E-state index in [-0.39, 0.29) is 28.8 Å². The number of nitrogens with zero attached hydrogens (tertiary/aromatic N) is 1. The second-order valence-electron chi connectivity index (χ2n) is 7.28. The van der Waals surface area contributed by atoms with Crippen molar-refractivity contribution in [1.29, 1.82) is 0 Å². The van der Waals surface area contributed by atoms with Crippen molar-refractivity contribution in [3.63, 3.8) is 0 Å². The summed E-state index contributed by atoms with van der Waals surface area (Å²) in [6, 6.07) is -1.03. The Balaban J connectivity index is 2.16. The number of rotatable bonds is 7. The van der Waals surface area contributed by atoms with Gasteiger partial charge in [0.25, 0.3) is 0 Å². The highest BCUT2D eigenvalue weighted by Crippen LogP contribution is 2.41. The molecular weight excluding hydrogens is 374 g/mol. The van der Waals surface area contributed by atoms with E-state index in [0.29, 0.717) is 17.9 Å². The summed E-state index contributed by atoms with van der Waals surface area (Å²) in [5.41, 5.74) is -0.0215. The summed E-state index contributed by atoms with van der Waals surface area (Å²) in [7, 11) is 3.37. The number of hydrogen-bond donors (Lipinski definition) is 5. The molecule has 0 aromatic rings. The second kappa shape index (κ2) is 8.49. The summed E-state index contributed by atoms with van der Waals surface area (Å²) in [6.07, 6.45) is -0.564. The average molecular weight is 401 g/mol. The van der Waals surface area contributed by atoms with Gasteiger partial charge in [0.2, 0.25) is 5.91 Å². The molecule has 6 atom stereocenters. The van der Waals surface area contributed by atoms with E-state index in [2.05, 4.69) is 10.6 Å². The van der Waals surface area contributed by atoms with Gasteiger partial charge >= 0.3 is 11.9 Å². The molecule has 0 aliphatic carbocycles. The Morgan fingerprint density at radius 3 is 2.37 bits per heavy atom. The topological polar surface area (TPSA) is 139 Å². The third-order valence-corrected chi connectivity index (χ3v) is 6.56. The Labute approximate surface area is 162 Å². The predicted octanol–water partition coefficient (Wildman–Crippen LogP) is -0.476. The van der Waals surface area contributed by atoms with Crippen LogP contribution in [0.25, 0.3) is 0 Å². The van der Waals surface area contributed by atoms with Gasteiger partial charge in [-0.15, -0.1) is 11.8 Å². The minimum atomic E-state index is -1.18. The molecule has 0 aromatic heterocycles. The van der Waals surface area contributed by atoms with Crippen molar-refractivity contribution in [2.24, 2.45) is 11.8 Å². The van der Waals surface area contributed by atoms with Crippen molar-refractivity contribution in [3.8, 4) is 0 Å². The first kappa shape index (κ1) is 21.5. The number of likely N-dealkylation sites (N-methyl/N-ethyl adjacent to an activating group) is 1. The second-order valence-corrected chi connectivity index (χ2v) is 8.62. The maximum atomic E-state index is 12.1. The Kier molecular flexibility index (Phi) is 6.77. The highest BCUT2D eigenvalue weighted by Gasteiger charge is 2.45. The number of amides is 1. The Bertz CT molecular complexity index is 651. The van der Waals surface area contributed by atoms with Crippen LogP contribution in [0.5, 0.6) is 0 Å².